The van der Waals surface area contributed by atoms with Gasteiger partial charge in [0, 0.05) is 30.0 Å². The highest BCUT2D eigenvalue weighted by Crippen LogP contribution is 2.11. The maximum absolute atomic E-state index is 11.5. The van der Waals surface area contributed by atoms with Crippen molar-refractivity contribution in [2.24, 2.45) is 0 Å². The molecule has 0 radical (unpaired) electrons. The van der Waals surface area contributed by atoms with Gasteiger partial charge in [-0.2, -0.15) is 0 Å². The third-order valence-electron chi connectivity index (χ3n) is 2.56. The van der Waals surface area contributed by atoms with E-state index in [2.05, 4.69) is 27.9 Å². The van der Waals surface area contributed by atoms with Crippen LogP contribution in [0.5, 0.6) is 0 Å². The van der Waals surface area contributed by atoms with Gasteiger partial charge in [0.2, 0.25) is 5.91 Å². The van der Waals surface area contributed by atoms with E-state index in [0.29, 0.717) is 18.4 Å². The maximum Gasteiger partial charge on any atom is 0.223 e. The minimum absolute atomic E-state index is 0.323. The summed E-state index contributed by atoms with van der Waals surface area (Å²) in [6, 6.07) is 0.614. The van der Waals surface area contributed by atoms with Gasteiger partial charge in [0.25, 0.3) is 0 Å². The Morgan fingerprint density at radius 3 is 2.62 bits per heavy atom. The number of hydrogen-bond acceptors (Lipinski definition) is 2. The summed E-state index contributed by atoms with van der Waals surface area (Å²) in [4.78, 5) is 13.5. The van der Waals surface area contributed by atoms with E-state index in [1.807, 2.05) is 11.9 Å². The van der Waals surface area contributed by atoms with Gasteiger partial charge < -0.3 is 10.2 Å². The predicted molar refractivity (Wildman–Crippen MR) is 62.2 cm³/mol. The summed E-state index contributed by atoms with van der Waals surface area (Å²) in [5.41, 5.74) is 0. The molecule has 1 saturated heterocycles. The topological polar surface area (TPSA) is 32.3 Å². The number of carbonyl (C=O) groups is 1. The predicted octanol–water partition coefficient (Wildman–Crippen LogP) is 1.02. The Labute approximate surface area is 93.4 Å². The molecule has 13 heavy (non-hydrogen) atoms. The number of carbonyl (C=O) groups excluding carboxylic acids is 1. The third kappa shape index (κ3) is 3.42. The second-order valence-electron chi connectivity index (χ2n) is 3.38. The van der Waals surface area contributed by atoms with Crippen molar-refractivity contribution in [2.75, 3.05) is 24.6 Å². The Kier molecular flexibility index (Phi) is 5.01. The molecule has 0 aromatic carbocycles. The zero-order valence-electron chi connectivity index (χ0n) is 8.05. The minimum Gasteiger partial charge on any atom is -0.343 e. The average Bonchev–Trinajstić information content (AvgIpc) is 2.18. The molecule has 0 spiro atoms. The molecule has 1 heterocycles. The molecule has 0 atom stereocenters. The summed E-state index contributed by atoms with van der Waals surface area (Å²) in [6.45, 7) is 1.86. The molecule has 0 bridgehead atoms. The van der Waals surface area contributed by atoms with Crippen molar-refractivity contribution in [2.45, 2.75) is 25.3 Å². The summed E-state index contributed by atoms with van der Waals surface area (Å²) in [5, 5.41) is 3.26. The van der Waals surface area contributed by atoms with E-state index in [1.165, 1.54) is 0 Å². The number of halogens is 1. The van der Waals surface area contributed by atoms with E-state index >= 15 is 0 Å². The van der Waals surface area contributed by atoms with Crippen LogP contribution in [0.4, 0.5) is 0 Å². The number of nitrogens with one attached hydrogen (secondary N) is 1. The number of piperidine rings is 1. The van der Waals surface area contributed by atoms with E-state index < -0.39 is 0 Å². The quantitative estimate of drug-likeness (QED) is 0.623. The number of amides is 1. The van der Waals surface area contributed by atoms with Gasteiger partial charge in [-0.05, 0) is 19.9 Å². The lowest BCUT2D eigenvalue weighted by Gasteiger charge is -2.31. The molecule has 0 aromatic rings. The van der Waals surface area contributed by atoms with E-state index in [-0.39, 0.29) is 0 Å². The fourth-order valence-corrected chi connectivity index (χ4v) is 2.12. The van der Waals surface area contributed by atoms with Crippen molar-refractivity contribution in [3.63, 3.8) is 0 Å². The monoisotopic (exact) mass is 296 g/mol. The van der Waals surface area contributed by atoms with Crippen LogP contribution in [0, 0.1) is 0 Å². The van der Waals surface area contributed by atoms with Gasteiger partial charge in [0.1, 0.15) is 0 Å². The summed E-state index contributed by atoms with van der Waals surface area (Å²) in [7, 11) is 1.99. The molecule has 1 rings (SSSR count). The van der Waals surface area contributed by atoms with Crippen LogP contribution in [0.25, 0.3) is 0 Å². The van der Waals surface area contributed by atoms with Gasteiger partial charge in [0.15, 0.2) is 0 Å². The number of nitrogens with zero attached hydrogens (tertiary/aromatic N) is 1. The fourth-order valence-electron chi connectivity index (χ4n) is 1.66. The van der Waals surface area contributed by atoms with E-state index in [1.54, 1.807) is 0 Å². The lowest BCUT2D eigenvalue weighted by Crippen LogP contribution is -2.43. The van der Waals surface area contributed by atoms with Crippen molar-refractivity contribution in [1.29, 1.82) is 0 Å². The normalized spacial score (nSPS) is 19.1. The van der Waals surface area contributed by atoms with Gasteiger partial charge >= 0.3 is 0 Å². The van der Waals surface area contributed by atoms with Crippen molar-refractivity contribution in [3.05, 3.63) is 0 Å². The molecule has 1 aliphatic heterocycles. The lowest BCUT2D eigenvalue weighted by atomic mass is 10.1. The lowest BCUT2D eigenvalue weighted by molar-refractivity contribution is -0.131. The van der Waals surface area contributed by atoms with Crippen molar-refractivity contribution in [3.8, 4) is 0 Å². The first kappa shape index (κ1) is 11.2. The highest BCUT2D eigenvalue weighted by molar-refractivity contribution is 14.1. The molecule has 0 unspecified atom stereocenters. The molecule has 1 amide bonds. The van der Waals surface area contributed by atoms with Gasteiger partial charge in [-0.3, -0.25) is 4.79 Å². The highest BCUT2D eigenvalue weighted by Gasteiger charge is 2.20. The largest absolute Gasteiger partial charge is 0.343 e. The molecule has 0 aliphatic carbocycles. The molecular weight excluding hydrogens is 279 g/mol. The molecule has 76 valence electrons. The Morgan fingerprint density at radius 2 is 2.15 bits per heavy atom. The average molecular weight is 296 g/mol. The van der Waals surface area contributed by atoms with E-state index in [0.717, 1.165) is 30.4 Å². The first-order chi connectivity index (χ1) is 6.27. The van der Waals surface area contributed by atoms with Gasteiger partial charge in [-0.15, -0.1) is 0 Å². The van der Waals surface area contributed by atoms with Crippen LogP contribution in [0.15, 0.2) is 0 Å². The van der Waals surface area contributed by atoms with Crippen LogP contribution in [0.1, 0.15) is 19.3 Å². The molecular formula is C9H17IN2O. The first-order valence-corrected chi connectivity index (χ1v) is 6.31. The summed E-state index contributed by atoms with van der Waals surface area (Å²) < 4.78 is 0.933. The van der Waals surface area contributed by atoms with Crippen LogP contribution >= 0.6 is 22.6 Å². The van der Waals surface area contributed by atoms with Crippen molar-refractivity contribution in [1.82, 2.24) is 10.2 Å². The third-order valence-corrected chi connectivity index (χ3v) is 3.10. The fraction of sp³-hybridized carbons (Fsp3) is 0.889. The summed E-state index contributed by atoms with van der Waals surface area (Å²) >= 11 is 2.25. The van der Waals surface area contributed by atoms with Crippen LogP contribution in [0.3, 0.4) is 0 Å². The first-order valence-electron chi connectivity index (χ1n) is 4.79. The molecule has 4 heteroatoms. The van der Waals surface area contributed by atoms with Gasteiger partial charge in [-0.1, -0.05) is 22.6 Å². The number of alkyl halides is 1. The molecule has 3 nitrogen and oxygen atoms in total. The number of likely N-dealkylation sites (tertiary alicyclic amines) is 1. The van der Waals surface area contributed by atoms with Gasteiger partial charge in [0.05, 0.1) is 0 Å². The SMILES string of the molecule is CNC1CCN(C(=O)CCI)CC1. The van der Waals surface area contributed by atoms with Crippen LogP contribution in [0.2, 0.25) is 0 Å². The molecule has 0 saturated carbocycles. The smallest absolute Gasteiger partial charge is 0.223 e. The Hall–Kier alpha value is 0.160. The molecule has 1 fully saturated rings. The second kappa shape index (κ2) is 5.80. The van der Waals surface area contributed by atoms with Crippen LogP contribution < -0.4 is 5.32 Å². The summed E-state index contributed by atoms with van der Waals surface area (Å²) in [5.74, 6) is 0.323. The minimum atomic E-state index is 0.323. The van der Waals surface area contributed by atoms with Crippen LogP contribution in [-0.2, 0) is 4.79 Å². The summed E-state index contributed by atoms with van der Waals surface area (Å²) in [6.07, 6.45) is 2.90. The number of rotatable bonds is 3. The molecule has 1 N–H and O–H groups in total. The van der Waals surface area contributed by atoms with Gasteiger partial charge in [-0.25, -0.2) is 0 Å². The Morgan fingerprint density at radius 1 is 1.54 bits per heavy atom. The highest BCUT2D eigenvalue weighted by atomic mass is 127. The van der Waals surface area contributed by atoms with E-state index in [4.69, 9.17) is 0 Å². The standard InChI is InChI=1S/C9H17IN2O/c1-11-8-3-6-12(7-4-8)9(13)2-5-10/h8,11H,2-7H2,1H3. The van der Waals surface area contributed by atoms with E-state index in [9.17, 15) is 4.79 Å². The zero-order valence-corrected chi connectivity index (χ0v) is 10.2. The van der Waals surface area contributed by atoms with Crippen LogP contribution in [-0.4, -0.2) is 41.4 Å². The van der Waals surface area contributed by atoms with Crippen molar-refractivity contribution >= 4 is 28.5 Å². The number of hydrogen-bond donors (Lipinski definition) is 1. The molecule has 1 aliphatic rings. The maximum atomic E-state index is 11.5. The molecule has 0 aromatic heterocycles. The Balaban J connectivity index is 2.28. The zero-order chi connectivity index (χ0) is 9.68. The second-order valence-corrected chi connectivity index (χ2v) is 4.46. The van der Waals surface area contributed by atoms with Crippen molar-refractivity contribution < 1.29 is 4.79 Å². The Bertz CT molecular complexity index is 167.